The van der Waals surface area contributed by atoms with E-state index in [0.29, 0.717) is 30.0 Å². The molecule has 1 heterocycles. The second-order valence-corrected chi connectivity index (χ2v) is 10.7. The molecular formula is C23H29Br2N5O4S. The predicted molar refractivity (Wildman–Crippen MR) is 147 cm³/mol. The first-order chi connectivity index (χ1) is 16.7. The molecule has 0 atom stereocenters. The molecule has 9 nitrogen and oxygen atoms in total. The topological polar surface area (TPSA) is 115 Å². The molecule has 0 aliphatic carbocycles. The second kappa shape index (κ2) is 14.3. The van der Waals surface area contributed by atoms with Gasteiger partial charge in [-0.3, -0.25) is 4.72 Å². The molecule has 0 saturated carbocycles. The molecule has 2 N–H and O–H groups in total. The van der Waals surface area contributed by atoms with Crippen molar-refractivity contribution < 1.29 is 17.9 Å². The number of halogens is 2. The van der Waals surface area contributed by atoms with Crippen molar-refractivity contribution >= 4 is 54.1 Å². The molecule has 190 valence electrons. The average Bonchev–Trinajstić information content (AvgIpc) is 2.82. The van der Waals surface area contributed by atoms with Crippen molar-refractivity contribution in [1.82, 2.24) is 14.7 Å². The van der Waals surface area contributed by atoms with E-state index in [1.165, 1.54) is 6.33 Å². The van der Waals surface area contributed by atoms with E-state index in [4.69, 9.17) is 9.47 Å². The molecule has 0 radical (unpaired) electrons. The van der Waals surface area contributed by atoms with Gasteiger partial charge in [0.05, 0.1) is 5.56 Å². The first-order valence-corrected chi connectivity index (χ1v) is 13.9. The highest BCUT2D eigenvalue weighted by Gasteiger charge is 2.19. The molecule has 0 amide bonds. The molecule has 0 saturated heterocycles. The minimum atomic E-state index is -3.82. The molecule has 12 heteroatoms. The smallest absolute Gasteiger partial charge is 0.300 e. The number of aliphatic imine (C=N–C) groups is 1. The van der Waals surface area contributed by atoms with Crippen molar-refractivity contribution in [2.24, 2.45) is 4.99 Å². The Morgan fingerprint density at radius 3 is 2.51 bits per heavy atom. The number of hydrogen-bond donors (Lipinski definition) is 2. The molecule has 1 aromatic carbocycles. The van der Waals surface area contributed by atoms with Gasteiger partial charge in [-0.1, -0.05) is 41.1 Å². The van der Waals surface area contributed by atoms with Gasteiger partial charge in [-0.2, -0.15) is 13.1 Å². The minimum Gasteiger partial charge on any atom is -0.474 e. The number of ether oxygens (including phenoxy) is 2. The Balaban J connectivity index is 2.26. The maximum Gasteiger partial charge on any atom is 0.300 e. The maximum absolute atomic E-state index is 12.5. The van der Waals surface area contributed by atoms with Crippen molar-refractivity contribution in [3.8, 4) is 17.0 Å². The van der Waals surface area contributed by atoms with Crippen LogP contribution in [0.25, 0.3) is 11.1 Å². The van der Waals surface area contributed by atoms with Crippen LogP contribution in [-0.4, -0.2) is 44.4 Å². The average molecular weight is 631 g/mol. The lowest BCUT2D eigenvalue weighted by Crippen LogP contribution is -2.31. The van der Waals surface area contributed by atoms with Crippen molar-refractivity contribution in [2.75, 3.05) is 24.5 Å². The highest BCUT2D eigenvalue weighted by atomic mass is 79.9. The molecule has 1 aromatic heterocycles. The summed E-state index contributed by atoms with van der Waals surface area (Å²) in [5, 5.41) is 0. The van der Waals surface area contributed by atoms with Crippen molar-refractivity contribution in [2.45, 2.75) is 34.1 Å². The first-order valence-electron chi connectivity index (χ1n) is 10.8. The summed E-state index contributed by atoms with van der Waals surface area (Å²) in [6.07, 6.45) is 5.43. The number of nitrogens with zero attached hydrogens (tertiary/aromatic N) is 3. The van der Waals surface area contributed by atoms with E-state index < -0.39 is 10.2 Å². The second-order valence-electron chi connectivity index (χ2n) is 7.34. The Hall–Kier alpha value is -2.28. The van der Waals surface area contributed by atoms with Crippen LogP contribution >= 0.6 is 31.9 Å². The van der Waals surface area contributed by atoms with Crippen molar-refractivity contribution in [3.05, 3.63) is 57.1 Å². The lowest BCUT2D eigenvalue weighted by molar-refractivity contribution is 0.150. The molecule has 35 heavy (non-hydrogen) atoms. The molecule has 0 unspecified atom stereocenters. The Morgan fingerprint density at radius 2 is 1.89 bits per heavy atom. The number of benzene rings is 1. The van der Waals surface area contributed by atoms with Crippen LogP contribution in [0, 0.1) is 0 Å². The number of allylic oxidation sites excluding steroid dienone is 3. The van der Waals surface area contributed by atoms with Gasteiger partial charge in [0.25, 0.3) is 10.2 Å². The predicted octanol–water partition coefficient (Wildman–Crippen LogP) is 5.58. The molecule has 2 aromatic rings. The van der Waals surface area contributed by atoms with Gasteiger partial charge in [0.1, 0.15) is 19.5 Å². The van der Waals surface area contributed by atoms with Crippen LogP contribution in [0.2, 0.25) is 0 Å². The molecule has 0 fully saturated rings. The largest absolute Gasteiger partial charge is 0.474 e. The third-order valence-electron chi connectivity index (χ3n) is 4.29. The fourth-order valence-corrected chi connectivity index (χ4v) is 3.94. The summed E-state index contributed by atoms with van der Waals surface area (Å²) in [4.78, 5) is 12.7. The van der Waals surface area contributed by atoms with E-state index in [-0.39, 0.29) is 24.9 Å². The SMILES string of the molecule is C/C=C(/Br)C=NC(OCCOc1ncnc(NS(=O)(=O)NCCC)c1-c1ccc(Br)cc1)=C(C)C. The van der Waals surface area contributed by atoms with Gasteiger partial charge < -0.3 is 9.47 Å². The van der Waals surface area contributed by atoms with Crippen molar-refractivity contribution in [1.29, 1.82) is 0 Å². The summed E-state index contributed by atoms with van der Waals surface area (Å²) in [5.74, 6) is 0.810. The van der Waals surface area contributed by atoms with Gasteiger partial charge in [0.15, 0.2) is 5.82 Å². The Kier molecular flexibility index (Phi) is 11.8. The Bertz CT molecular complexity index is 1180. The van der Waals surface area contributed by atoms with Crippen molar-refractivity contribution in [3.63, 3.8) is 0 Å². The molecule has 0 bridgehead atoms. The van der Waals surface area contributed by atoms with Gasteiger partial charge in [-0.15, -0.1) is 0 Å². The summed E-state index contributed by atoms with van der Waals surface area (Å²) in [5.41, 5.74) is 2.01. The molecular weight excluding hydrogens is 602 g/mol. The van der Waals surface area contributed by atoms with E-state index >= 15 is 0 Å². The normalized spacial score (nSPS) is 12.0. The van der Waals surface area contributed by atoms with Gasteiger partial charge >= 0.3 is 0 Å². The van der Waals surface area contributed by atoms with Gasteiger partial charge in [0, 0.05) is 21.7 Å². The number of nitrogens with one attached hydrogen (secondary N) is 2. The van der Waals surface area contributed by atoms with E-state index in [1.807, 2.05) is 58.0 Å². The van der Waals surface area contributed by atoms with Crippen LogP contribution < -0.4 is 14.2 Å². The third kappa shape index (κ3) is 9.71. The molecule has 0 aliphatic heterocycles. The van der Waals surface area contributed by atoms with Gasteiger partial charge in [-0.05, 0) is 66.4 Å². The van der Waals surface area contributed by atoms with E-state index in [0.717, 1.165) is 14.5 Å². The van der Waals surface area contributed by atoms with Crippen LogP contribution in [0.5, 0.6) is 5.88 Å². The summed E-state index contributed by atoms with van der Waals surface area (Å²) < 4.78 is 43.3. The van der Waals surface area contributed by atoms with E-state index in [9.17, 15) is 8.42 Å². The lowest BCUT2D eigenvalue weighted by atomic mass is 10.1. The maximum atomic E-state index is 12.5. The monoisotopic (exact) mass is 629 g/mol. The summed E-state index contributed by atoms with van der Waals surface area (Å²) >= 11 is 6.79. The van der Waals surface area contributed by atoms with Crippen LogP contribution in [0.4, 0.5) is 5.82 Å². The molecule has 0 aliphatic rings. The Labute approximate surface area is 223 Å². The summed E-state index contributed by atoms with van der Waals surface area (Å²) in [7, 11) is -3.82. The zero-order valence-electron chi connectivity index (χ0n) is 20.0. The summed E-state index contributed by atoms with van der Waals surface area (Å²) in [6, 6.07) is 7.31. The Morgan fingerprint density at radius 1 is 1.17 bits per heavy atom. The summed E-state index contributed by atoms with van der Waals surface area (Å²) in [6.45, 7) is 8.22. The molecule has 0 spiro atoms. The van der Waals surface area contributed by atoms with E-state index in [1.54, 1.807) is 6.21 Å². The third-order valence-corrected chi connectivity index (χ3v) is 6.53. The fraction of sp³-hybridized carbons (Fsp3) is 0.348. The van der Waals surface area contributed by atoms with Crippen LogP contribution in [0.15, 0.2) is 62.1 Å². The highest BCUT2D eigenvalue weighted by molar-refractivity contribution is 9.12. The van der Waals surface area contributed by atoms with Crippen LogP contribution in [-0.2, 0) is 14.9 Å². The molecule has 2 rings (SSSR count). The van der Waals surface area contributed by atoms with E-state index in [2.05, 4.69) is 56.3 Å². The quantitative estimate of drug-likeness (QED) is 0.170. The number of anilines is 1. The number of hydrogen-bond acceptors (Lipinski definition) is 7. The number of aromatic nitrogens is 2. The van der Waals surface area contributed by atoms with Crippen LogP contribution in [0.3, 0.4) is 0 Å². The zero-order chi connectivity index (χ0) is 25.8. The first kappa shape index (κ1) is 29.0. The van der Waals surface area contributed by atoms with Crippen LogP contribution in [0.1, 0.15) is 34.1 Å². The minimum absolute atomic E-state index is 0.104. The zero-order valence-corrected chi connectivity index (χ0v) is 24.0. The lowest BCUT2D eigenvalue weighted by Gasteiger charge is -2.16. The standard InChI is InChI=1S/C23H29Br2N5O4S/c1-5-11-29-35(31,32)30-21-20(17-7-9-19(25)10-8-17)23(28-15-27-21)34-13-12-33-22(16(3)4)26-14-18(24)6-2/h6-10,14-15,29H,5,11-13H2,1-4H3,(H,27,28,30)/b18-6+,26-14?. The fourth-order valence-electron chi connectivity index (χ4n) is 2.61. The van der Waals surface area contributed by atoms with Gasteiger partial charge in [0.2, 0.25) is 11.8 Å². The number of rotatable bonds is 13. The van der Waals surface area contributed by atoms with Gasteiger partial charge in [-0.25, -0.2) is 15.0 Å². The highest BCUT2D eigenvalue weighted by Crippen LogP contribution is 2.35.